The van der Waals surface area contributed by atoms with Crippen molar-refractivity contribution in [1.29, 1.82) is 0 Å². The molecule has 2 aromatic heterocycles. The third-order valence-corrected chi connectivity index (χ3v) is 3.76. The first kappa shape index (κ1) is 13.4. The van der Waals surface area contributed by atoms with Crippen LogP contribution in [0.5, 0.6) is 0 Å². The normalized spacial score (nSPS) is 30.1. The van der Waals surface area contributed by atoms with Crippen molar-refractivity contribution in [2.24, 2.45) is 0 Å². The van der Waals surface area contributed by atoms with E-state index in [9.17, 15) is 10.2 Å². The second-order valence-corrected chi connectivity index (χ2v) is 5.14. The summed E-state index contributed by atoms with van der Waals surface area (Å²) in [5.41, 5.74) is 6.53. The molecule has 1 aliphatic rings. The maximum atomic E-state index is 10.1. The Bertz CT molecular complexity index is 699. The van der Waals surface area contributed by atoms with Crippen LogP contribution in [-0.4, -0.2) is 48.0 Å². The van der Waals surface area contributed by atoms with E-state index in [1.54, 1.807) is 4.57 Å². The molecule has 0 spiro atoms. The molecule has 108 valence electrons. The standard InChI is InChI=1S/C11H15N5O3S/c1-2-4-6(17)7(18)10(19-4)16-3-13-5-8(16)14-11(12)15-9(5)20/h3-4,6-7,10,17-18H,2H2,1H3,(H3,12,14,15,20)/t4-,6?,7?,10-/m1/s1. The lowest BCUT2D eigenvalue weighted by atomic mass is 10.1. The number of aromatic amines is 1. The van der Waals surface area contributed by atoms with Gasteiger partial charge in [0, 0.05) is 0 Å². The van der Waals surface area contributed by atoms with Crippen LogP contribution >= 0.6 is 12.2 Å². The summed E-state index contributed by atoms with van der Waals surface area (Å²) in [6.45, 7) is 1.88. The van der Waals surface area contributed by atoms with Crippen LogP contribution in [0.3, 0.4) is 0 Å². The summed E-state index contributed by atoms with van der Waals surface area (Å²) in [7, 11) is 0. The summed E-state index contributed by atoms with van der Waals surface area (Å²) in [6.07, 6.45) is -1.13. The van der Waals surface area contributed by atoms with Gasteiger partial charge in [0.2, 0.25) is 5.95 Å². The van der Waals surface area contributed by atoms with Gasteiger partial charge in [-0.05, 0) is 6.42 Å². The van der Waals surface area contributed by atoms with Crippen LogP contribution in [-0.2, 0) is 4.74 Å². The zero-order valence-electron chi connectivity index (χ0n) is 10.7. The highest BCUT2D eigenvalue weighted by molar-refractivity contribution is 7.71. The lowest BCUT2D eigenvalue weighted by molar-refractivity contribution is -0.0355. The number of nitrogens with one attached hydrogen (secondary N) is 1. The smallest absolute Gasteiger partial charge is 0.200 e. The topological polar surface area (TPSA) is 122 Å². The number of nitrogens with two attached hydrogens (primary N) is 1. The van der Waals surface area contributed by atoms with Crippen LogP contribution < -0.4 is 5.73 Å². The van der Waals surface area contributed by atoms with E-state index in [1.807, 2.05) is 6.92 Å². The maximum Gasteiger partial charge on any atom is 0.200 e. The van der Waals surface area contributed by atoms with Crippen molar-refractivity contribution in [3.8, 4) is 0 Å². The molecule has 2 aromatic rings. The molecule has 1 saturated heterocycles. The van der Waals surface area contributed by atoms with Gasteiger partial charge in [0.15, 0.2) is 11.9 Å². The predicted molar refractivity (Wildman–Crippen MR) is 73.3 cm³/mol. The summed E-state index contributed by atoms with van der Waals surface area (Å²) >= 11 is 5.12. The molecule has 1 aliphatic heterocycles. The fourth-order valence-electron chi connectivity index (χ4n) is 2.43. The number of nitrogen functional groups attached to an aromatic ring is 1. The van der Waals surface area contributed by atoms with Gasteiger partial charge in [-0.2, -0.15) is 4.98 Å². The van der Waals surface area contributed by atoms with Crippen LogP contribution in [0.15, 0.2) is 6.33 Å². The van der Waals surface area contributed by atoms with E-state index >= 15 is 0 Å². The molecular weight excluding hydrogens is 282 g/mol. The number of ether oxygens (including phenoxy) is 1. The number of anilines is 1. The van der Waals surface area contributed by atoms with Gasteiger partial charge in [0.1, 0.15) is 22.4 Å². The van der Waals surface area contributed by atoms with Crippen molar-refractivity contribution in [2.75, 3.05) is 5.73 Å². The molecule has 0 bridgehead atoms. The van der Waals surface area contributed by atoms with E-state index < -0.39 is 24.5 Å². The molecule has 8 nitrogen and oxygen atoms in total. The molecule has 0 amide bonds. The first-order valence-corrected chi connectivity index (χ1v) is 6.67. The van der Waals surface area contributed by atoms with Crippen molar-refractivity contribution < 1.29 is 14.9 Å². The Hall–Kier alpha value is -1.55. The molecule has 0 radical (unpaired) electrons. The molecule has 4 atom stereocenters. The van der Waals surface area contributed by atoms with Gasteiger partial charge in [-0.1, -0.05) is 19.1 Å². The third-order valence-electron chi connectivity index (χ3n) is 3.46. The number of hydrogen-bond donors (Lipinski definition) is 4. The Balaban J connectivity index is 2.09. The minimum absolute atomic E-state index is 0.157. The van der Waals surface area contributed by atoms with Crippen LogP contribution in [0.25, 0.3) is 11.2 Å². The largest absolute Gasteiger partial charge is 0.388 e. The van der Waals surface area contributed by atoms with Crippen LogP contribution in [0.4, 0.5) is 5.95 Å². The Morgan fingerprint density at radius 3 is 2.90 bits per heavy atom. The molecule has 2 unspecified atom stereocenters. The first-order valence-electron chi connectivity index (χ1n) is 6.26. The third kappa shape index (κ3) is 1.90. The summed E-state index contributed by atoms with van der Waals surface area (Å²) < 4.78 is 7.57. The number of fused-ring (bicyclic) bond motifs is 1. The van der Waals surface area contributed by atoms with Gasteiger partial charge in [0.25, 0.3) is 0 Å². The summed E-state index contributed by atoms with van der Waals surface area (Å²) in [6, 6.07) is 0. The van der Waals surface area contributed by atoms with E-state index in [4.69, 9.17) is 22.7 Å². The second-order valence-electron chi connectivity index (χ2n) is 4.73. The second kappa shape index (κ2) is 4.77. The van der Waals surface area contributed by atoms with Crippen molar-refractivity contribution in [1.82, 2.24) is 19.5 Å². The Labute approximate surface area is 119 Å². The molecule has 0 saturated carbocycles. The van der Waals surface area contributed by atoms with E-state index in [2.05, 4.69) is 15.0 Å². The summed E-state index contributed by atoms with van der Waals surface area (Å²) in [5.74, 6) is 0.157. The Morgan fingerprint density at radius 1 is 1.50 bits per heavy atom. The van der Waals surface area contributed by atoms with Gasteiger partial charge < -0.3 is 25.7 Å². The van der Waals surface area contributed by atoms with Gasteiger partial charge in [-0.3, -0.25) is 4.57 Å². The van der Waals surface area contributed by atoms with E-state index in [0.717, 1.165) is 0 Å². The number of hydrogen-bond acceptors (Lipinski definition) is 7. The molecule has 0 aromatic carbocycles. The first-order chi connectivity index (χ1) is 9.52. The highest BCUT2D eigenvalue weighted by atomic mass is 32.1. The van der Waals surface area contributed by atoms with Crippen molar-refractivity contribution in [2.45, 2.75) is 37.9 Å². The van der Waals surface area contributed by atoms with Crippen LogP contribution in [0, 0.1) is 4.64 Å². The number of H-pyrrole nitrogens is 1. The minimum atomic E-state index is -1.06. The molecule has 20 heavy (non-hydrogen) atoms. The van der Waals surface area contributed by atoms with E-state index in [1.165, 1.54) is 6.33 Å². The lowest BCUT2D eigenvalue weighted by Crippen LogP contribution is -2.31. The molecule has 9 heteroatoms. The predicted octanol–water partition coefficient (Wildman–Crippen LogP) is 0.100. The lowest BCUT2D eigenvalue weighted by Gasteiger charge is -2.16. The van der Waals surface area contributed by atoms with Crippen LogP contribution in [0.2, 0.25) is 0 Å². The monoisotopic (exact) mass is 297 g/mol. The number of aliphatic hydroxyl groups is 2. The number of aliphatic hydroxyl groups excluding tert-OH is 2. The highest BCUT2D eigenvalue weighted by Gasteiger charge is 2.43. The molecule has 3 rings (SSSR count). The zero-order chi connectivity index (χ0) is 14.4. The Morgan fingerprint density at radius 2 is 2.25 bits per heavy atom. The number of imidazole rings is 1. The summed E-state index contributed by atoms with van der Waals surface area (Å²) in [5, 5.41) is 20.0. The molecule has 3 heterocycles. The average Bonchev–Trinajstić information content (AvgIpc) is 2.93. The SMILES string of the molecule is CC[C@H]1O[C@@H](n2cnc3c(=S)[nH]c(N)nc32)C(O)C1O. The quantitative estimate of drug-likeness (QED) is 0.580. The number of rotatable bonds is 2. The van der Waals surface area contributed by atoms with Crippen LogP contribution in [0.1, 0.15) is 19.6 Å². The van der Waals surface area contributed by atoms with Gasteiger partial charge >= 0.3 is 0 Å². The number of aromatic nitrogens is 4. The van der Waals surface area contributed by atoms with Crippen molar-refractivity contribution >= 4 is 29.3 Å². The average molecular weight is 297 g/mol. The van der Waals surface area contributed by atoms with Crippen molar-refractivity contribution in [3.63, 3.8) is 0 Å². The molecule has 5 N–H and O–H groups in total. The van der Waals surface area contributed by atoms with Crippen molar-refractivity contribution in [3.05, 3.63) is 11.0 Å². The van der Waals surface area contributed by atoms with E-state index in [0.29, 0.717) is 22.2 Å². The van der Waals surface area contributed by atoms with Gasteiger partial charge in [-0.25, -0.2) is 4.98 Å². The number of nitrogens with zero attached hydrogens (tertiary/aromatic N) is 3. The summed E-state index contributed by atoms with van der Waals surface area (Å²) in [4.78, 5) is 11.0. The maximum absolute atomic E-state index is 10.1. The fraction of sp³-hybridized carbons (Fsp3) is 0.545. The Kier molecular flexibility index (Phi) is 3.21. The zero-order valence-corrected chi connectivity index (χ0v) is 11.5. The van der Waals surface area contributed by atoms with Gasteiger partial charge in [0.05, 0.1) is 12.4 Å². The van der Waals surface area contributed by atoms with E-state index in [-0.39, 0.29) is 5.95 Å². The molecular formula is C11H15N5O3S. The molecule has 1 fully saturated rings. The molecule has 0 aliphatic carbocycles. The van der Waals surface area contributed by atoms with Gasteiger partial charge in [-0.15, -0.1) is 0 Å². The minimum Gasteiger partial charge on any atom is -0.388 e. The fourth-order valence-corrected chi connectivity index (χ4v) is 2.67. The highest BCUT2D eigenvalue weighted by Crippen LogP contribution is 2.32.